The highest BCUT2D eigenvalue weighted by Gasteiger charge is 2.45. The van der Waals surface area contributed by atoms with E-state index in [1.54, 1.807) is 13.0 Å². The molecule has 2 unspecified atom stereocenters. The number of phenolic OH excluding ortho intramolecular Hbond substituents is 1. The van der Waals surface area contributed by atoms with Crippen LogP contribution in [0.15, 0.2) is 35.9 Å². The van der Waals surface area contributed by atoms with E-state index in [1.165, 1.54) is 6.92 Å². The van der Waals surface area contributed by atoms with Crippen molar-refractivity contribution in [3.05, 3.63) is 57.2 Å². The molecule has 2 atom stereocenters. The van der Waals surface area contributed by atoms with Crippen molar-refractivity contribution in [3.63, 3.8) is 0 Å². The molecule has 0 radical (unpaired) electrons. The lowest BCUT2D eigenvalue weighted by Gasteiger charge is -2.33. The summed E-state index contributed by atoms with van der Waals surface area (Å²) in [6.45, 7) is 8.38. The molecule has 0 fully saturated rings. The number of aromatic hydroxyl groups is 1. The quantitative estimate of drug-likeness (QED) is 0.0549. The van der Waals surface area contributed by atoms with E-state index in [-0.39, 0.29) is 37.5 Å². The number of nitrogens with zero attached hydrogens (tertiary/aromatic N) is 1. The zero-order valence-corrected chi connectivity index (χ0v) is 24.7. The van der Waals surface area contributed by atoms with E-state index in [0.717, 1.165) is 25.0 Å². The van der Waals surface area contributed by atoms with E-state index in [2.05, 4.69) is 11.4 Å². The first-order chi connectivity index (χ1) is 20.3. The minimum atomic E-state index is -4.18. The number of esters is 3. The molecule has 2 rings (SSSR count). The van der Waals surface area contributed by atoms with E-state index >= 15 is 8.78 Å². The molecule has 0 bridgehead atoms. The summed E-state index contributed by atoms with van der Waals surface area (Å²) in [6.07, 6.45) is 5.18. The Bertz CT molecular complexity index is 1210. The van der Waals surface area contributed by atoms with E-state index in [4.69, 9.17) is 14.2 Å². The van der Waals surface area contributed by atoms with Gasteiger partial charge < -0.3 is 24.2 Å². The number of benzene rings is 1. The third kappa shape index (κ3) is 10.6. The Labute approximate surface area is 248 Å². The summed E-state index contributed by atoms with van der Waals surface area (Å²) in [5, 5.41) is 20.5. The van der Waals surface area contributed by atoms with Gasteiger partial charge in [-0.15, -0.1) is 10.1 Å². The fraction of sp³-hybridized carbons (Fsp3) is 0.567. The molecule has 1 aromatic rings. The number of hydrogen-bond acceptors (Lipinski definition) is 10. The van der Waals surface area contributed by atoms with Gasteiger partial charge in [0, 0.05) is 30.4 Å². The molecule has 43 heavy (non-hydrogen) atoms. The van der Waals surface area contributed by atoms with Gasteiger partial charge in [0.15, 0.2) is 0 Å². The molecule has 1 aliphatic carbocycles. The minimum Gasteiger partial charge on any atom is -0.507 e. The first kappa shape index (κ1) is 35.2. The highest BCUT2D eigenvalue weighted by Crippen LogP contribution is 2.48. The summed E-state index contributed by atoms with van der Waals surface area (Å²) in [5.74, 6) is -9.53. The second-order valence-corrected chi connectivity index (χ2v) is 10.4. The van der Waals surface area contributed by atoms with Gasteiger partial charge in [-0.1, -0.05) is 44.4 Å². The first-order valence-electron chi connectivity index (χ1n) is 14.2. The van der Waals surface area contributed by atoms with Crippen LogP contribution in [0.2, 0.25) is 0 Å². The normalized spacial score (nSPS) is 16.5. The van der Waals surface area contributed by atoms with Gasteiger partial charge in [0.2, 0.25) is 0 Å². The van der Waals surface area contributed by atoms with E-state index in [1.807, 2.05) is 6.92 Å². The highest BCUT2D eigenvalue weighted by atomic mass is 19.3. The van der Waals surface area contributed by atoms with Crippen molar-refractivity contribution in [2.45, 2.75) is 84.0 Å². The Hall–Kier alpha value is -4.03. The molecule has 0 heterocycles. The van der Waals surface area contributed by atoms with Gasteiger partial charge in [-0.25, -0.2) is 4.79 Å². The number of phenols is 1. The molecule has 0 aromatic heterocycles. The molecule has 0 saturated carbocycles. The number of carbonyl (C=O) groups is 3. The number of carbonyl (C=O) groups excluding carboxylic acids is 3. The van der Waals surface area contributed by atoms with Gasteiger partial charge in [0.1, 0.15) is 18.1 Å². The molecular weight excluding hydrogens is 572 g/mol. The van der Waals surface area contributed by atoms with Crippen LogP contribution in [-0.4, -0.2) is 47.9 Å². The molecule has 0 amide bonds. The lowest BCUT2D eigenvalue weighted by atomic mass is 9.73. The third-order valence-electron chi connectivity index (χ3n) is 6.97. The van der Waals surface area contributed by atoms with Crippen molar-refractivity contribution in [2.24, 2.45) is 5.92 Å². The van der Waals surface area contributed by atoms with Crippen molar-refractivity contribution >= 4 is 17.9 Å². The molecular formula is C30H39F2NO10. The Balaban J connectivity index is 2.51. The maximum absolute atomic E-state index is 15.3. The summed E-state index contributed by atoms with van der Waals surface area (Å²) < 4.78 is 45.9. The monoisotopic (exact) mass is 611 g/mol. The molecule has 11 nitrogen and oxygen atoms in total. The van der Waals surface area contributed by atoms with Gasteiger partial charge in [-0.3, -0.25) is 9.59 Å². The molecule has 0 spiro atoms. The summed E-state index contributed by atoms with van der Waals surface area (Å²) in [5.41, 5.74) is 0.462. The lowest BCUT2D eigenvalue weighted by molar-refractivity contribution is -0.757. The Morgan fingerprint density at radius 3 is 2.47 bits per heavy atom. The van der Waals surface area contributed by atoms with Crippen LogP contribution in [0.25, 0.3) is 0 Å². The maximum Gasteiger partial charge on any atom is 0.381 e. The predicted molar refractivity (Wildman–Crippen MR) is 150 cm³/mol. The van der Waals surface area contributed by atoms with Crippen molar-refractivity contribution in [3.8, 4) is 11.5 Å². The van der Waals surface area contributed by atoms with Crippen LogP contribution in [0.3, 0.4) is 0 Å². The standard InChI is InChI=1S/C30H39F2NO10/c1-5-6-7-8-13-40-29(37)30(31,32)22-16-25(35)28(26(17-22)43-27(36)10-9-14-42-33(38)39)24-15-21(18-41-20(4)34)11-12-23(24)19(2)3/h15-17,23-24,35H,2,5-14,18H2,1,3-4H3. The third-order valence-corrected chi connectivity index (χ3v) is 6.97. The van der Waals surface area contributed by atoms with Crippen LogP contribution in [-0.2, 0) is 34.6 Å². The second-order valence-electron chi connectivity index (χ2n) is 10.4. The minimum absolute atomic E-state index is 0.00426. The van der Waals surface area contributed by atoms with Gasteiger partial charge in [0.05, 0.1) is 13.2 Å². The molecule has 238 valence electrons. The number of alkyl halides is 2. The van der Waals surface area contributed by atoms with Gasteiger partial charge >= 0.3 is 23.8 Å². The fourth-order valence-corrected chi connectivity index (χ4v) is 4.77. The predicted octanol–water partition coefficient (Wildman–Crippen LogP) is 6.06. The average Bonchev–Trinajstić information content (AvgIpc) is 2.93. The van der Waals surface area contributed by atoms with Crippen LogP contribution in [0, 0.1) is 16.0 Å². The topological polar surface area (TPSA) is 152 Å². The molecule has 1 aliphatic rings. The molecule has 1 aromatic carbocycles. The van der Waals surface area contributed by atoms with Gasteiger partial charge in [-0.2, -0.15) is 8.78 Å². The summed E-state index contributed by atoms with van der Waals surface area (Å²) in [6, 6.07) is 1.54. The molecule has 1 N–H and O–H groups in total. The van der Waals surface area contributed by atoms with Crippen molar-refractivity contribution in [1.82, 2.24) is 0 Å². The van der Waals surface area contributed by atoms with Gasteiger partial charge in [0.25, 0.3) is 5.09 Å². The fourth-order valence-electron chi connectivity index (χ4n) is 4.77. The first-order valence-corrected chi connectivity index (χ1v) is 14.2. The number of ether oxygens (including phenoxy) is 3. The number of hydrogen-bond donors (Lipinski definition) is 1. The summed E-state index contributed by atoms with van der Waals surface area (Å²) in [4.78, 5) is 51.0. The Morgan fingerprint density at radius 2 is 1.84 bits per heavy atom. The van der Waals surface area contributed by atoms with E-state index < -0.39 is 58.5 Å². The van der Waals surface area contributed by atoms with Crippen molar-refractivity contribution < 1.29 is 52.4 Å². The van der Waals surface area contributed by atoms with Crippen LogP contribution in [0.1, 0.15) is 89.2 Å². The maximum atomic E-state index is 15.3. The van der Waals surface area contributed by atoms with Crippen molar-refractivity contribution in [1.29, 1.82) is 0 Å². The second kappa shape index (κ2) is 16.6. The summed E-state index contributed by atoms with van der Waals surface area (Å²) in [7, 11) is 0. The zero-order chi connectivity index (χ0) is 32.2. The largest absolute Gasteiger partial charge is 0.507 e. The lowest BCUT2D eigenvalue weighted by Crippen LogP contribution is -2.29. The van der Waals surface area contributed by atoms with Crippen LogP contribution in [0.4, 0.5) is 8.78 Å². The Morgan fingerprint density at radius 1 is 1.12 bits per heavy atom. The SMILES string of the molecule is C=C(C)C1CCC(COC(C)=O)=CC1c1c(O)cc(C(F)(F)C(=O)OCCCCCC)cc1OC(=O)CCCO[N+](=O)[O-]. The van der Waals surface area contributed by atoms with E-state index in [0.29, 0.717) is 36.8 Å². The van der Waals surface area contributed by atoms with E-state index in [9.17, 15) is 29.6 Å². The number of allylic oxidation sites excluding steroid dienone is 2. The highest BCUT2D eigenvalue weighted by molar-refractivity contribution is 5.80. The van der Waals surface area contributed by atoms with Crippen LogP contribution < -0.4 is 4.74 Å². The van der Waals surface area contributed by atoms with Crippen LogP contribution >= 0.6 is 0 Å². The molecule has 0 saturated heterocycles. The molecule has 0 aliphatic heterocycles. The van der Waals surface area contributed by atoms with Crippen molar-refractivity contribution in [2.75, 3.05) is 19.8 Å². The summed E-state index contributed by atoms with van der Waals surface area (Å²) >= 11 is 0. The average molecular weight is 612 g/mol. The van der Waals surface area contributed by atoms with Gasteiger partial charge in [-0.05, 0) is 56.2 Å². The number of rotatable bonds is 17. The van der Waals surface area contributed by atoms with Crippen LogP contribution in [0.5, 0.6) is 11.5 Å². The Kier molecular flexibility index (Phi) is 13.5. The smallest absolute Gasteiger partial charge is 0.381 e. The number of halogens is 2. The number of unbranched alkanes of at least 4 members (excludes halogenated alkanes) is 3. The zero-order valence-electron chi connectivity index (χ0n) is 24.7. The molecule has 13 heteroatoms.